The van der Waals surface area contributed by atoms with Gasteiger partial charge in [-0.3, -0.25) is 0 Å². The highest BCUT2D eigenvalue weighted by molar-refractivity contribution is 5.95. The Kier molecular flexibility index (Phi) is 5.24. The van der Waals surface area contributed by atoms with Crippen molar-refractivity contribution >= 4 is 12.1 Å². The summed E-state index contributed by atoms with van der Waals surface area (Å²) in [7, 11) is 0. The molecule has 2 atom stereocenters. The fourth-order valence-electron chi connectivity index (χ4n) is 3.55. The summed E-state index contributed by atoms with van der Waals surface area (Å²) in [4.78, 5) is 18.2. The molecule has 0 saturated heterocycles. The summed E-state index contributed by atoms with van der Waals surface area (Å²) >= 11 is 0. The van der Waals surface area contributed by atoms with Crippen LogP contribution in [0.3, 0.4) is 0 Å². The average molecular weight is 389 g/mol. The van der Waals surface area contributed by atoms with Gasteiger partial charge in [0.15, 0.2) is 0 Å². The van der Waals surface area contributed by atoms with E-state index in [1.807, 2.05) is 60.7 Å². The summed E-state index contributed by atoms with van der Waals surface area (Å²) in [6.45, 7) is 0.339. The van der Waals surface area contributed by atoms with E-state index in [9.17, 15) is 14.3 Å². The minimum atomic E-state index is -1.08. The van der Waals surface area contributed by atoms with E-state index in [0.29, 0.717) is 6.54 Å². The topological polar surface area (TPSA) is 64.9 Å². The molecule has 0 saturated carbocycles. The van der Waals surface area contributed by atoms with Crippen molar-refractivity contribution in [3.8, 4) is 0 Å². The van der Waals surface area contributed by atoms with Gasteiger partial charge in [-0.1, -0.05) is 72.8 Å². The zero-order chi connectivity index (χ0) is 20.2. The Morgan fingerprint density at radius 1 is 0.931 bits per heavy atom. The van der Waals surface area contributed by atoms with E-state index in [1.165, 1.54) is 17.0 Å². The number of carbonyl (C=O) groups is 1. The zero-order valence-electron chi connectivity index (χ0n) is 15.6. The first-order chi connectivity index (χ1) is 14.1. The zero-order valence-corrected chi connectivity index (χ0v) is 15.6. The van der Waals surface area contributed by atoms with E-state index in [4.69, 9.17) is 4.99 Å². The van der Waals surface area contributed by atoms with Crippen molar-refractivity contribution in [1.29, 1.82) is 0 Å². The third-order valence-electron chi connectivity index (χ3n) is 4.92. The van der Waals surface area contributed by atoms with E-state index >= 15 is 0 Å². The van der Waals surface area contributed by atoms with Gasteiger partial charge in [0.1, 0.15) is 11.9 Å². The van der Waals surface area contributed by atoms with Crippen LogP contribution in [0.15, 0.2) is 89.9 Å². The van der Waals surface area contributed by atoms with Crippen molar-refractivity contribution in [1.82, 2.24) is 10.2 Å². The van der Waals surface area contributed by atoms with E-state index in [2.05, 4.69) is 5.32 Å². The molecule has 3 aromatic rings. The van der Waals surface area contributed by atoms with Crippen LogP contribution in [0.5, 0.6) is 0 Å². The molecule has 3 aromatic carbocycles. The molecular formula is C23H20FN3O2. The molecule has 0 aromatic heterocycles. The number of guanidine groups is 1. The predicted molar refractivity (Wildman–Crippen MR) is 109 cm³/mol. The lowest BCUT2D eigenvalue weighted by Crippen LogP contribution is -2.43. The molecule has 29 heavy (non-hydrogen) atoms. The Bertz CT molecular complexity index is 1010. The van der Waals surface area contributed by atoms with Crippen LogP contribution in [0, 0.1) is 5.82 Å². The van der Waals surface area contributed by atoms with Gasteiger partial charge in [0, 0.05) is 6.54 Å². The summed E-state index contributed by atoms with van der Waals surface area (Å²) in [6, 6.07) is 24.4. The summed E-state index contributed by atoms with van der Waals surface area (Å²) in [5.74, 6) is -0.0306. The van der Waals surface area contributed by atoms with Gasteiger partial charge in [-0.25, -0.2) is 19.1 Å². The number of hydrogen-bond acceptors (Lipinski definition) is 3. The van der Waals surface area contributed by atoms with Gasteiger partial charge in [0.05, 0.1) is 6.04 Å². The molecule has 146 valence electrons. The maximum atomic E-state index is 13.1. The lowest BCUT2D eigenvalue weighted by atomic mass is 9.94. The first-order valence-electron chi connectivity index (χ1n) is 9.31. The van der Waals surface area contributed by atoms with Gasteiger partial charge in [0.2, 0.25) is 5.96 Å². The molecule has 6 heteroatoms. The lowest BCUT2D eigenvalue weighted by molar-refractivity contribution is 0.155. The van der Waals surface area contributed by atoms with E-state index in [0.717, 1.165) is 16.7 Å². The molecule has 1 aliphatic heterocycles. The molecule has 1 amide bonds. The normalized spacial score (nSPS) is 18.4. The first-order valence-corrected chi connectivity index (χ1v) is 9.31. The van der Waals surface area contributed by atoms with Crippen LogP contribution >= 0.6 is 0 Å². The van der Waals surface area contributed by atoms with Gasteiger partial charge in [0.25, 0.3) is 0 Å². The molecule has 0 radical (unpaired) electrons. The molecule has 5 nitrogen and oxygen atoms in total. The highest BCUT2D eigenvalue weighted by atomic mass is 19.1. The molecule has 0 bridgehead atoms. The second-order valence-corrected chi connectivity index (χ2v) is 6.80. The third-order valence-corrected chi connectivity index (χ3v) is 4.92. The number of hydrogen-bond donors (Lipinski definition) is 2. The minimum Gasteiger partial charge on any atom is -0.465 e. The van der Waals surface area contributed by atoms with E-state index < -0.39 is 12.1 Å². The number of nitrogens with zero attached hydrogens (tertiary/aromatic N) is 2. The molecular weight excluding hydrogens is 369 g/mol. The summed E-state index contributed by atoms with van der Waals surface area (Å²) in [5.41, 5.74) is 2.64. The fraction of sp³-hybridized carbons (Fsp3) is 0.130. The standard InChI is InChI=1S/C23H20FN3O2/c24-19-13-11-16(12-14-19)15-25-22-26-20(17-7-3-1-4-8-17)21(27(22)23(28)29)18-9-5-2-6-10-18/h1-14,20-21H,15H2,(H,25,26)(H,28,29)/t20-,21+/m0/s1. The highest BCUT2D eigenvalue weighted by Gasteiger charge is 2.41. The lowest BCUT2D eigenvalue weighted by Gasteiger charge is -2.27. The van der Waals surface area contributed by atoms with Crippen LogP contribution in [-0.4, -0.2) is 22.1 Å². The molecule has 4 rings (SSSR count). The van der Waals surface area contributed by atoms with Crippen molar-refractivity contribution < 1.29 is 14.3 Å². The number of carboxylic acid groups (broad SMARTS) is 1. The monoisotopic (exact) mass is 389 g/mol. The Labute approximate surface area is 168 Å². The molecule has 1 aliphatic rings. The van der Waals surface area contributed by atoms with Crippen molar-refractivity contribution in [2.24, 2.45) is 4.99 Å². The largest absolute Gasteiger partial charge is 0.465 e. The third kappa shape index (κ3) is 3.96. The minimum absolute atomic E-state index is 0.282. The SMILES string of the molecule is O=C(O)N1C(NCc2ccc(F)cc2)=N[C@@H](c2ccccc2)[C@H]1c1ccccc1. The van der Waals surface area contributed by atoms with Crippen LogP contribution in [0.2, 0.25) is 0 Å². The molecule has 2 N–H and O–H groups in total. The average Bonchev–Trinajstić information content (AvgIpc) is 3.14. The molecule has 1 heterocycles. The van der Waals surface area contributed by atoms with Gasteiger partial charge < -0.3 is 10.4 Å². The van der Waals surface area contributed by atoms with Crippen LogP contribution in [0.4, 0.5) is 9.18 Å². The Morgan fingerprint density at radius 3 is 2.10 bits per heavy atom. The number of aliphatic imine (C=N–C) groups is 1. The smallest absolute Gasteiger partial charge is 0.414 e. The van der Waals surface area contributed by atoms with Crippen LogP contribution in [0.25, 0.3) is 0 Å². The van der Waals surface area contributed by atoms with Gasteiger partial charge in [-0.15, -0.1) is 0 Å². The van der Waals surface area contributed by atoms with Crippen molar-refractivity contribution in [3.05, 3.63) is 107 Å². The summed E-state index contributed by atoms with van der Waals surface area (Å²) < 4.78 is 13.1. The Balaban J connectivity index is 1.68. The Morgan fingerprint density at radius 2 is 1.52 bits per heavy atom. The maximum Gasteiger partial charge on any atom is 0.414 e. The number of amides is 1. The van der Waals surface area contributed by atoms with E-state index in [-0.39, 0.29) is 17.8 Å². The molecule has 0 unspecified atom stereocenters. The predicted octanol–water partition coefficient (Wildman–Crippen LogP) is 4.75. The van der Waals surface area contributed by atoms with Crippen LogP contribution in [-0.2, 0) is 6.54 Å². The molecule has 0 aliphatic carbocycles. The van der Waals surface area contributed by atoms with Crippen molar-refractivity contribution in [2.75, 3.05) is 0 Å². The number of nitrogens with one attached hydrogen (secondary N) is 1. The highest BCUT2D eigenvalue weighted by Crippen LogP contribution is 2.41. The summed E-state index contributed by atoms with van der Waals surface area (Å²) in [6.07, 6.45) is -1.08. The van der Waals surface area contributed by atoms with Crippen LogP contribution in [0.1, 0.15) is 28.8 Å². The second-order valence-electron chi connectivity index (χ2n) is 6.80. The Hall–Kier alpha value is -3.67. The van der Waals surface area contributed by atoms with Gasteiger partial charge in [-0.2, -0.15) is 0 Å². The van der Waals surface area contributed by atoms with Gasteiger partial charge >= 0.3 is 6.09 Å². The molecule has 0 fully saturated rings. The fourth-order valence-corrected chi connectivity index (χ4v) is 3.55. The van der Waals surface area contributed by atoms with Crippen molar-refractivity contribution in [2.45, 2.75) is 18.6 Å². The van der Waals surface area contributed by atoms with Gasteiger partial charge in [-0.05, 0) is 28.8 Å². The quantitative estimate of drug-likeness (QED) is 0.677. The second kappa shape index (κ2) is 8.14. The van der Waals surface area contributed by atoms with Crippen LogP contribution < -0.4 is 5.32 Å². The van der Waals surface area contributed by atoms with Crippen molar-refractivity contribution in [3.63, 3.8) is 0 Å². The maximum absolute atomic E-state index is 13.1. The number of halogens is 1. The first kappa shape index (κ1) is 18.7. The summed E-state index contributed by atoms with van der Waals surface area (Å²) in [5, 5.41) is 13.1. The molecule has 0 spiro atoms. The number of rotatable bonds is 4. The van der Waals surface area contributed by atoms with E-state index in [1.54, 1.807) is 12.1 Å². The number of benzene rings is 3.